The number of halogens is 1. The van der Waals surface area contributed by atoms with Crippen LogP contribution in [0.3, 0.4) is 0 Å². The van der Waals surface area contributed by atoms with Gasteiger partial charge >= 0.3 is 0 Å². The number of rotatable bonds is 4. The molecule has 0 aromatic heterocycles. The van der Waals surface area contributed by atoms with Gasteiger partial charge in [-0.1, -0.05) is 23.8 Å². The SMILES string of the molecule is O=Cc1cc(Cl)cc(C=CCCS)c1. The predicted octanol–water partition coefficient (Wildman–Crippen LogP) is 3.49. The van der Waals surface area contributed by atoms with Crippen LogP contribution in [0.1, 0.15) is 22.3 Å². The summed E-state index contributed by atoms with van der Waals surface area (Å²) in [5.41, 5.74) is 1.55. The summed E-state index contributed by atoms with van der Waals surface area (Å²) in [7, 11) is 0. The van der Waals surface area contributed by atoms with E-state index in [1.165, 1.54) is 0 Å². The van der Waals surface area contributed by atoms with Gasteiger partial charge in [0.15, 0.2) is 0 Å². The number of thiol groups is 1. The molecule has 1 nitrogen and oxygen atoms in total. The van der Waals surface area contributed by atoms with Crippen molar-refractivity contribution in [3.05, 3.63) is 40.4 Å². The molecule has 3 heteroatoms. The molecule has 1 aromatic rings. The van der Waals surface area contributed by atoms with E-state index >= 15 is 0 Å². The summed E-state index contributed by atoms with van der Waals surface area (Å²) < 4.78 is 0. The first-order valence-corrected chi connectivity index (χ1v) is 5.30. The molecule has 0 aliphatic rings. The van der Waals surface area contributed by atoms with Crippen molar-refractivity contribution in [1.29, 1.82) is 0 Å². The van der Waals surface area contributed by atoms with Crippen molar-refractivity contribution in [3.8, 4) is 0 Å². The molecule has 0 heterocycles. The lowest BCUT2D eigenvalue weighted by Gasteiger charge is -1.97. The Hall–Kier alpha value is -0.730. The van der Waals surface area contributed by atoms with E-state index < -0.39 is 0 Å². The van der Waals surface area contributed by atoms with Gasteiger partial charge in [-0.25, -0.2) is 0 Å². The highest BCUT2D eigenvalue weighted by atomic mass is 35.5. The van der Waals surface area contributed by atoms with E-state index in [-0.39, 0.29) is 0 Å². The van der Waals surface area contributed by atoms with Crippen molar-refractivity contribution >= 4 is 36.6 Å². The number of carbonyl (C=O) groups excluding carboxylic acids is 1. The van der Waals surface area contributed by atoms with E-state index in [4.69, 9.17) is 11.6 Å². The molecular weight excluding hydrogens is 216 g/mol. The fraction of sp³-hybridized carbons (Fsp3) is 0.182. The molecule has 0 spiro atoms. The van der Waals surface area contributed by atoms with Crippen molar-refractivity contribution in [3.63, 3.8) is 0 Å². The second-order valence-electron chi connectivity index (χ2n) is 2.85. The first-order chi connectivity index (χ1) is 6.76. The summed E-state index contributed by atoms with van der Waals surface area (Å²) >= 11 is 9.93. The molecule has 0 atom stereocenters. The zero-order valence-electron chi connectivity index (χ0n) is 7.61. The molecule has 14 heavy (non-hydrogen) atoms. The van der Waals surface area contributed by atoms with Crippen molar-refractivity contribution in [2.45, 2.75) is 6.42 Å². The Morgan fingerprint density at radius 2 is 2.00 bits per heavy atom. The second-order valence-corrected chi connectivity index (χ2v) is 3.73. The van der Waals surface area contributed by atoms with Gasteiger partial charge in [0.2, 0.25) is 0 Å². The van der Waals surface area contributed by atoms with Crippen molar-refractivity contribution in [2.75, 3.05) is 5.75 Å². The van der Waals surface area contributed by atoms with Gasteiger partial charge in [-0.2, -0.15) is 12.6 Å². The maximum Gasteiger partial charge on any atom is 0.150 e. The van der Waals surface area contributed by atoms with Crippen LogP contribution in [0.15, 0.2) is 24.3 Å². The minimum Gasteiger partial charge on any atom is -0.298 e. The number of carbonyl (C=O) groups is 1. The molecule has 1 aromatic carbocycles. The van der Waals surface area contributed by atoms with Gasteiger partial charge in [-0.05, 0) is 35.9 Å². The van der Waals surface area contributed by atoms with Crippen LogP contribution in [0.2, 0.25) is 5.02 Å². The Morgan fingerprint density at radius 1 is 1.29 bits per heavy atom. The molecule has 1 rings (SSSR count). The van der Waals surface area contributed by atoms with E-state index in [0.29, 0.717) is 10.6 Å². The number of allylic oxidation sites excluding steroid dienone is 1. The number of aldehydes is 1. The maximum absolute atomic E-state index is 10.5. The third kappa shape index (κ3) is 3.56. The van der Waals surface area contributed by atoms with E-state index in [2.05, 4.69) is 12.6 Å². The Balaban J connectivity index is 2.86. The lowest BCUT2D eigenvalue weighted by atomic mass is 10.1. The molecule has 0 bridgehead atoms. The van der Waals surface area contributed by atoms with Gasteiger partial charge in [0.25, 0.3) is 0 Å². The predicted molar refractivity (Wildman–Crippen MR) is 64.3 cm³/mol. The average molecular weight is 227 g/mol. The second kappa shape index (κ2) is 5.89. The van der Waals surface area contributed by atoms with Gasteiger partial charge in [0, 0.05) is 10.6 Å². The Labute approximate surface area is 94.2 Å². The molecule has 0 amide bonds. The molecule has 74 valence electrons. The highest BCUT2D eigenvalue weighted by Gasteiger charge is 1.95. The van der Waals surface area contributed by atoms with E-state index in [1.807, 2.05) is 18.2 Å². The Bertz CT molecular complexity index is 347. The Morgan fingerprint density at radius 3 is 2.64 bits per heavy atom. The van der Waals surface area contributed by atoms with Crippen LogP contribution < -0.4 is 0 Å². The minimum absolute atomic E-state index is 0.583. The highest BCUT2D eigenvalue weighted by molar-refractivity contribution is 7.80. The van der Waals surface area contributed by atoms with Crippen LogP contribution in [-0.4, -0.2) is 12.0 Å². The maximum atomic E-state index is 10.5. The molecule has 0 aliphatic heterocycles. The lowest BCUT2D eigenvalue weighted by molar-refractivity contribution is 0.112. The van der Waals surface area contributed by atoms with E-state index in [0.717, 1.165) is 24.0 Å². The Kier molecular flexibility index (Phi) is 4.77. The van der Waals surface area contributed by atoms with Gasteiger partial charge in [0.1, 0.15) is 6.29 Å². The van der Waals surface area contributed by atoms with Gasteiger partial charge < -0.3 is 0 Å². The first-order valence-electron chi connectivity index (χ1n) is 4.29. The smallest absolute Gasteiger partial charge is 0.150 e. The first kappa shape index (κ1) is 11.3. The van der Waals surface area contributed by atoms with Crippen LogP contribution in [0.4, 0.5) is 0 Å². The standard InChI is InChI=1S/C11H11ClOS/c12-11-6-9(3-1-2-4-14)5-10(7-11)8-13/h1,3,5-8,14H,2,4H2. The largest absolute Gasteiger partial charge is 0.298 e. The lowest BCUT2D eigenvalue weighted by Crippen LogP contribution is -1.81. The van der Waals surface area contributed by atoms with Crippen molar-refractivity contribution < 1.29 is 4.79 Å². The van der Waals surface area contributed by atoms with Gasteiger partial charge in [0.05, 0.1) is 0 Å². The van der Waals surface area contributed by atoms with Crippen LogP contribution in [0.5, 0.6) is 0 Å². The van der Waals surface area contributed by atoms with Crippen molar-refractivity contribution in [1.82, 2.24) is 0 Å². The average Bonchev–Trinajstić information content (AvgIpc) is 2.17. The third-order valence-corrected chi connectivity index (χ3v) is 2.16. The normalized spacial score (nSPS) is 10.7. The summed E-state index contributed by atoms with van der Waals surface area (Å²) in [6.07, 6.45) is 5.65. The summed E-state index contributed by atoms with van der Waals surface area (Å²) in [6, 6.07) is 5.27. The highest BCUT2D eigenvalue weighted by Crippen LogP contribution is 2.15. The molecule has 0 saturated heterocycles. The van der Waals surface area contributed by atoms with Gasteiger partial charge in [-0.15, -0.1) is 0 Å². The summed E-state index contributed by atoms with van der Waals surface area (Å²) in [6.45, 7) is 0. The molecule has 0 fully saturated rings. The summed E-state index contributed by atoms with van der Waals surface area (Å²) in [4.78, 5) is 10.5. The minimum atomic E-state index is 0.583. The molecule has 0 saturated carbocycles. The molecular formula is C11H11ClOS. The fourth-order valence-corrected chi connectivity index (χ4v) is 1.50. The molecule has 0 radical (unpaired) electrons. The molecule has 0 unspecified atom stereocenters. The number of benzene rings is 1. The van der Waals surface area contributed by atoms with E-state index in [9.17, 15) is 4.79 Å². The van der Waals surface area contributed by atoms with Crippen LogP contribution in [-0.2, 0) is 0 Å². The monoisotopic (exact) mass is 226 g/mol. The van der Waals surface area contributed by atoms with Crippen LogP contribution >= 0.6 is 24.2 Å². The van der Waals surface area contributed by atoms with Crippen LogP contribution in [0, 0.1) is 0 Å². The van der Waals surface area contributed by atoms with E-state index in [1.54, 1.807) is 12.1 Å². The number of hydrogen-bond acceptors (Lipinski definition) is 2. The molecule has 0 N–H and O–H groups in total. The zero-order valence-corrected chi connectivity index (χ0v) is 9.26. The topological polar surface area (TPSA) is 17.1 Å². The molecule has 0 aliphatic carbocycles. The fourth-order valence-electron chi connectivity index (χ4n) is 1.09. The summed E-state index contributed by atoms with van der Waals surface area (Å²) in [5, 5.41) is 0.583. The quantitative estimate of drug-likeness (QED) is 0.615. The van der Waals surface area contributed by atoms with Crippen molar-refractivity contribution in [2.24, 2.45) is 0 Å². The van der Waals surface area contributed by atoms with Gasteiger partial charge in [-0.3, -0.25) is 4.79 Å². The summed E-state index contributed by atoms with van der Waals surface area (Å²) in [5.74, 6) is 0.817. The third-order valence-electron chi connectivity index (χ3n) is 1.68. The number of hydrogen-bond donors (Lipinski definition) is 1. The zero-order chi connectivity index (χ0) is 10.4. The van der Waals surface area contributed by atoms with Crippen LogP contribution in [0.25, 0.3) is 6.08 Å².